The number of nitrogens with zero attached hydrogens (tertiary/aromatic N) is 3. The van der Waals surface area contributed by atoms with Gasteiger partial charge in [-0.15, -0.1) is 0 Å². The molecule has 0 N–H and O–H groups in total. The number of piperidine rings is 1. The average molecular weight is 301 g/mol. The average Bonchev–Trinajstić information content (AvgIpc) is 3.23. The van der Waals surface area contributed by atoms with Gasteiger partial charge >= 0.3 is 0 Å². The molecule has 0 radical (unpaired) electrons. The zero-order chi connectivity index (χ0) is 15.4. The largest absolute Gasteiger partial charge is 0.469 e. The highest BCUT2D eigenvalue weighted by atomic mass is 16.3. The van der Waals surface area contributed by atoms with E-state index in [9.17, 15) is 4.79 Å². The summed E-state index contributed by atoms with van der Waals surface area (Å²) >= 11 is 0. The summed E-state index contributed by atoms with van der Waals surface area (Å²) in [6.07, 6.45) is 9.85. The van der Waals surface area contributed by atoms with E-state index in [1.165, 1.54) is 0 Å². The molecule has 3 rings (SSSR count). The van der Waals surface area contributed by atoms with E-state index in [1.54, 1.807) is 6.26 Å². The van der Waals surface area contributed by atoms with Gasteiger partial charge in [-0.3, -0.25) is 4.79 Å². The van der Waals surface area contributed by atoms with Gasteiger partial charge in [0.05, 0.1) is 12.3 Å². The van der Waals surface area contributed by atoms with Crippen LogP contribution in [0.4, 0.5) is 0 Å². The van der Waals surface area contributed by atoms with Gasteiger partial charge < -0.3 is 13.9 Å². The zero-order valence-corrected chi connectivity index (χ0v) is 13.1. The topological polar surface area (TPSA) is 51.3 Å². The summed E-state index contributed by atoms with van der Waals surface area (Å²) in [4.78, 5) is 18.8. The fourth-order valence-electron chi connectivity index (χ4n) is 3.20. The summed E-state index contributed by atoms with van der Waals surface area (Å²) in [5.41, 5.74) is 0. The zero-order valence-electron chi connectivity index (χ0n) is 13.1. The van der Waals surface area contributed by atoms with E-state index < -0.39 is 0 Å². The molecule has 0 spiro atoms. The number of carbonyl (C=O) groups excluding carboxylic acids is 1. The quantitative estimate of drug-likeness (QED) is 0.853. The normalized spacial score (nSPS) is 18.6. The molecule has 2 aromatic heterocycles. The molecule has 22 heavy (non-hydrogen) atoms. The minimum Gasteiger partial charge on any atom is -0.469 e. The number of likely N-dealkylation sites (tertiary alicyclic amines) is 1. The van der Waals surface area contributed by atoms with Crippen molar-refractivity contribution in [2.24, 2.45) is 0 Å². The van der Waals surface area contributed by atoms with E-state index in [2.05, 4.69) is 16.5 Å². The Morgan fingerprint density at radius 2 is 2.41 bits per heavy atom. The molecule has 0 bridgehead atoms. The highest BCUT2D eigenvalue weighted by Crippen LogP contribution is 2.23. The van der Waals surface area contributed by atoms with Crippen LogP contribution in [0.3, 0.4) is 0 Å². The first kappa shape index (κ1) is 14.9. The Morgan fingerprint density at radius 3 is 3.18 bits per heavy atom. The molecule has 1 saturated heterocycles. The van der Waals surface area contributed by atoms with Crippen LogP contribution in [0.5, 0.6) is 0 Å². The number of hydrogen-bond donors (Lipinski definition) is 0. The molecule has 1 unspecified atom stereocenters. The van der Waals surface area contributed by atoms with Crippen LogP contribution in [-0.4, -0.2) is 33.4 Å². The van der Waals surface area contributed by atoms with Crippen LogP contribution in [-0.2, 0) is 17.6 Å². The molecule has 5 nitrogen and oxygen atoms in total. The van der Waals surface area contributed by atoms with E-state index in [0.717, 1.165) is 43.9 Å². The minimum absolute atomic E-state index is 0.222. The van der Waals surface area contributed by atoms with E-state index in [-0.39, 0.29) is 5.91 Å². The molecule has 118 valence electrons. The van der Waals surface area contributed by atoms with Gasteiger partial charge in [-0.1, -0.05) is 6.92 Å². The third kappa shape index (κ3) is 3.24. The fraction of sp³-hybridized carbons (Fsp3) is 0.529. The number of furan rings is 1. The lowest BCUT2D eigenvalue weighted by Gasteiger charge is -2.34. The van der Waals surface area contributed by atoms with E-state index >= 15 is 0 Å². The predicted molar refractivity (Wildman–Crippen MR) is 83.5 cm³/mol. The van der Waals surface area contributed by atoms with Crippen molar-refractivity contribution in [2.75, 3.05) is 13.1 Å². The Labute approximate surface area is 130 Å². The van der Waals surface area contributed by atoms with Crippen LogP contribution >= 0.6 is 0 Å². The highest BCUT2D eigenvalue weighted by Gasteiger charge is 2.25. The standard InChI is InChI=1S/C17H23N3O2/c1-2-16-18-9-11-20(16)14-5-3-10-19(13-14)17(21)8-7-15-6-4-12-22-15/h4,6,9,11-12,14H,2-3,5,7-8,10,13H2,1H3. The molecule has 5 heteroatoms. The number of amides is 1. The summed E-state index contributed by atoms with van der Waals surface area (Å²) in [6, 6.07) is 4.15. The van der Waals surface area contributed by atoms with Crippen molar-refractivity contribution < 1.29 is 9.21 Å². The Hall–Kier alpha value is -2.04. The fourth-order valence-corrected chi connectivity index (χ4v) is 3.20. The van der Waals surface area contributed by atoms with Gasteiger partial charge in [0.1, 0.15) is 11.6 Å². The van der Waals surface area contributed by atoms with E-state index in [4.69, 9.17) is 4.42 Å². The number of imidazole rings is 1. The van der Waals surface area contributed by atoms with Crippen molar-refractivity contribution in [1.29, 1.82) is 0 Å². The van der Waals surface area contributed by atoms with Crippen molar-refractivity contribution in [3.8, 4) is 0 Å². The Kier molecular flexibility index (Phi) is 4.61. The lowest BCUT2D eigenvalue weighted by molar-refractivity contribution is -0.132. The van der Waals surface area contributed by atoms with Crippen LogP contribution < -0.4 is 0 Å². The van der Waals surface area contributed by atoms with Crippen molar-refractivity contribution in [2.45, 2.75) is 45.1 Å². The Bertz CT molecular complexity index is 603. The monoisotopic (exact) mass is 301 g/mol. The van der Waals surface area contributed by atoms with Crippen LogP contribution in [0.15, 0.2) is 35.2 Å². The highest BCUT2D eigenvalue weighted by molar-refractivity contribution is 5.76. The van der Waals surface area contributed by atoms with Crippen LogP contribution in [0.2, 0.25) is 0 Å². The van der Waals surface area contributed by atoms with Crippen molar-refractivity contribution in [3.63, 3.8) is 0 Å². The van der Waals surface area contributed by atoms with Gasteiger partial charge in [0.15, 0.2) is 0 Å². The van der Waals surface area contributed by atoms with Crippen molar-refractivity contribution in [1.82, 2.24) is 14.5 Å². The molecule has 2 aromatic rings. The molecule has 0 aliphatic carbocycles. The molecule has 1 atom stereocenters. The molecular formula is C17H23N3O2. The molecule has 1 fully saturated rings. The minimum atomic E-state index is 0.222. The smallest absolute Gasteiger partial charge is 0.223 e. The number of carbonyl (C=O) groups is 1. The van der Waals surface area contributed by atoms with Crippen LogP contribution in [0, 0.1) is 0 Å². The molecule has 1 aliphatic heterocycles. The van der Waals surface area contributed by atoms with Gasteiger partial charge in [0, 0.05) is 44.7 Å². The van der Waals surface area contributed by atoms with Gasteiger partial charge in [-0.2, -0.15) is 0 Å². The third-order valence-corrected chi connectivity index (χ3v) is 4.37. The second-order valence-electron chi connectivity index (χ2n) is 5.82. The SMILES string of the molecule is CCc1nccn1C1CCCN(C(=O)CCc2ccco2)C1. The third-order valence-electron chi connectivity index (χ3n) is 4.37. The van der Waals surface area contributed by atoms with Gasteiger partial charge in [-0.05, 0) is 25.0 Å². The van der Waals surface area contributed by atoms with E-state index in [0.29, 0.717) is 18.9 Å². The summed E-state index contributed by atoms with van der Waals surface area (Å²) in [5.74, 6) is 2.21. The molecule has 1 amide bonds. The van der Waals surface area contributed by atoms with Crippen molar-refractivity contribution in [3.05, 3.63) is 42.4 Å². The first-order chi connectivity index (χ1) is 10.8. The Balaban J connectivity index is 1.59. The van der Waals surface area contributed by atoms with Crippen LogP contribution in [0.1, 0.15) is 43.8 Å². The first-order valence-corrected chi connectivity index (χ1v) is 8.09. The summed E-state index contributed by atoms with van der Waals surface area (Å²) in [7, 11) is 0. The summed E-state index contributed by atoms with van der Waals surface area (Å²) in [5, 5.41) is 0. The van der Waals surface area contributed by atoms with Gasteiger partial charge in [0.25, 0.3) is 0 Å². The maximum atomic E-state index is 12.4. The Morgan fingerprint density at radius 1 is 1.50 bits per heavy atom. The molecule has 0 saturated carbocycles. The van der Waals surface area contributed by atoms with E-state index in [1.807, 2.05) is 29.4 Å². The second kappa shape index (κ2) is 6.81. The maximum Gasteiger partial charge on any atom is 0.223 e. The molecular weight excluding hydrogens is 278 g/mol. The molecule has 1 aliphatic rings. The predicted octanol–water partition coefficient (Wildman–Crippen LogP) is 2.83. The number of aryl methyl sites for hydroxylation is 2. The van der Waals surface area contributed by atoms with Gasteiger partial charge in [0.2, 0.25) is 5.91 Å². The summed E-state index contributed by atoms with van der Waals surface area (Å²) < 4.78 is 7.54. The maximum absolute atomic E-state index is 12.4. The van der Waals surface area contributed by atoms with Crippen LogP contribution in [0.25, 0.3) is 0 Å². The van der Waals surface area contributed by atoms with Crippen molar-refractivity contribution >= 4 is 5.91 Å². The second-order valence-corrected chi connectivity index (χ2v) is 5.82. The molecule has 0 aromatic carbocycles. The number of aromatic nitrogens is 2. The summed E-state index contributed by atoms with van der Waals surface area (Å²) in [6.45, 7) is 3.78. The first-order valence-electron chi connectivity index (χ1n) is 8.09. The number of hydrogen-bond acceptors (Lipinski definition) is 3. The number of rotatable bonds is 5. The lowest BCUT2D eigenvalue weighted by atomic mass is 10.0. The van der Waals surface area contributed by atoms with Gasteiger partial charge in [-0.25, -0.2) is 4.98 Å². The molecule has 3 heterocycles. The lowest BCUT2D eigenvalue weighted by Crippen LogP contribution is -2.41.